The van der Waals surface area contributed by atoms with Gasteiger partial charge >= 0.3 is 0 Å². The summed E-state index contributed by atoms with van der Waals surface area (Å²) in [5, 5.41) is 0. The number of carbonyl (C=O) groups excluding carboxylic acids is 2. The molecule has 3 aromatic rings. The van der Waals surface area contributed by atoms with Crippen LogP contribution in [0.4, 0.5) is 11.4 Å². The summed E-state index contributed by atoms with van der Waals surface area (Å²) in [7, 11) is 6.30. The predicted molar refractivity (Wildman–Crippen MR) is 163 cm³/mol. The van der Waals surface area contributed by atoms with E-state index >= 15 is 0 Å². The number of rotatable bonds is 8. The maximum atomic E-state index is 14.4. The molecule has 2 amide bonds. The molecule has 0 radical (unpaired) electrons. The third kappa shape index (κ3) is 5.27. The van der Waals surface area contributed by atoms with Gasteiger partial charge in [-0.25, -0.2) is 0 Å². The number of amides is 2. The summed E-state index contributed by atoms with van der Waals surface area (Å²) in [6.07, 6.45) is 0.639. The number of benzene rings is 3. The van der Waals surface area contributed by atoms with Crippen molar-refractivity contribution in [2.45, 2.75) is 18.9 Å². The van der Waals surface area contributed by atoms with E-state index in [1.165, 1.54) is 0 Å². The van der Waals surface area contributed by atoms with Gasteiger partial charge in [-0.1, -0.05) is 12.1 Å². The minimum atomic E-state index is -0.634. The van der Waals surface area contributed by atoms with Gasteiger partial charge < -0.3 is 43.1 Å². The molecule has 11 nitrogen and oxygen atoms in total. The molecule has 6 rings (SSSR count). The van der Waals surface area contributed by atoms with Crippen LogP contribution in [0.15, 0.2) is 54.6 Å². The molecule has 3 aliphatic rings. The summed E-state index contributed by atoms with van der Waals surface area (Å²) in [4.78, 5) is 34.0. The van der Waals surface area contributed by atoms with Crippen molar-refractivity contribution < 1.29 is 38.0 Å². The fourth-order valence-corrected chi connectivity index (χ4v) is 6.44. The van der Waals surface area contributed by atoms with E-state index in [1.807, 2.05) is 47.4 Å². The number of piperazine rings is 1. The Bertz CT molecular complexity index is 1510. The van der Waals surface area contributed by atoms with Gasteiger partial charge in [0.05, 0.1) is 46.1 Å². The Balaban J connectivity index is 1.36. The zero-order chi connectivity index (χ0) is 30.8. The maximum Gasteiger partial charge on any atom is 0.231 e. The fourth-order valence-electron chi connectivity index (χ4n) is 6.44. The van der Waals surface area contributed by atoms with Gasteiger partial charge in [0, 0.05) is 44.4 Å². The van der Waals surface area contributed by atoms with E-state index in [4.69, 9.17) is 28.4 Å². The minimum absolute atomic E-state index is 0.00155. The summed E-state index contributed by atoms with van der Waals surface area (Å²) in [6.45, 7) is 2.54. The lowest BCUT2D eigenvalue weighted by molar-refractivity contribution is -0.138. The van der Waals surface area contributed by atoms with E-state index < -0.39 is 12.0 Å². The summed E-state index contributed by atoms with van der Waals surface area (Å²) < 4.78 is 33.6. The van der Waals surface area contributed by atoms with Crippen LogP contribution >= 0.6 is 0 Å². The molecule has 0 bridgehead atoms. The summed E-state index contributed by atoms with van der Waals surface area (Å²) in [5.41, 5.74) is 2.34. The zero-order valence-corrected chi connectivity index (χ0v) is 25.4. The number of fused-ring (bicyclic) bond motifs is 1. The van der Waals surface area contributed by atoms with Gasteiger partial charge in [0.25, 0.3) is 0 Å². The first kappa shape index (κ1) is 29.3. The molecule has 44 heavy (non-hydrogen) atoms. The second-order valence-corrected chi connectivity index (χ2v) is 10.8. The normalized spacial score (nSPS) is 19.5. The summed E-state index contributed by atoms with van der Waals surface area (Å²) in [6, 6.07) is 16.3. The molecule has 0 saturated carbocycles. The lowest BCUT2D eigenvalue weighted by Crippen LogP contribution is -2.54. The first-order valence-electron chi connectivity index (χ1n) is 14.7. The number of para-hydroxylation sites is 2. The number of piperidine rings is 1. The number of carbonyl (C=O) groups is 2. The second kappa shape index (κ2) is 12.4. The number of ether oxygens (including phenoxy) is 6. The van der Waals surface area contributed by atoms with Gasteiger partial charge in [-0.3, -0.25) is 9.59 Å². The molecule has 2 saturated heterocycles. The van der Waals surface area contributed by atoms with Crippen LogP contribution in [0.1, 0.15) is 24.4 Å². The quantitative estimate of drug-likeness (QED) is 0.374. The average molecular weight is 604 g/mol. The topological polar surface area (TPSA) is 99.2 Å². The molecule has 232 valence electrons. The van der Waals surface area contributed by atoms with Crippen LogP contribution in [0.5, 0.6) is 34.5 Å². The van der Waals surface area contributed by atoms with Crippen LogP contribution in [0.3, 0.4) is 0 Å². The number of anilines is 2. The molecule has 0 aromatic heterocycles. The first-order chi connectivity index (χ1) is 21.5. The van der Waals surface area contributed by atoms with E-state index in [0.717, 1.165) is 11.4 Å². The monoisotopic (exact) mass is 603 g/mol. The predicted octanol–water partition coefficient (Wildman–Crippen LogP) is 4.28. The number of hydrogen-bond acceptors (Lipinski definition) is 9. The maximum absolute atomic E-state index is 14.4. The van der Waals surface area contributed by atoms with Crippen molar-refractivity contribution in [3.05, 3.63) is 60.2 Å². The van der Waals surface area contributed by atoms with Crippen LogP contribution in [-0.2, 0) is 9.59 Å². The Labute approximate surface area is 256 Å². The van der Waals surface area contributed by atoms with Crippen molar-refractivity contribution >= 4 is 23.2 Å². The summed E-state index contributed by atoms with van der Waals surface area (Å²) in [5.74, 6) is 2.70. The molecular formula is C33H37N3O8. The van der Waals surface area contributed by atoms with Gasteiger partial charge in [-0.2, -0.15) is 0 Å². The third-order valence-corrected chi connectivity index (χ3v) is 8.59. The molecule has 2 fully saturated rings. The van der Waals surface area contributed by atoms with E-state index in [0.29, 0.717) is 72.6 Å². The number of nitrogens with zero attached hydrogens (tertiary/aromatic N) is 3. The lowest BCUT2D eigenvalue weighted by atomic mass is 9.82. The Morgan fingerprint density at radius 1 is 0.795 bits per heavy atom. The van der Waals surface area contributed by atoms with Crippen LogP contribution in [0, 0.1) is 5.92 Å². The Kier molecular flexibility index (Phi) is 8.28. The first-order valence-corrected chi connectivity index (χ1v) is 14.7. The van der Waals surface area contributed by atoms with Gasteiger partial charge in [0.1, 0.15) is 5.75 Å². The Morgan fingerprint density at radius 3 is 2.16 bits per heavy atom. The molecule has 3 aromatic carbocycles. The summed E-state index contributed by atoms with van der Waals surface area (Å²) >= 11 is 0. The SMILES string of the molecule is COc1ccccc1N1CCN(C(=O)[C@H]2CCC(=O)N(c3ccc4c(c3)OCO4)[C@H]2c2cc(OC)c(OC)c(OC)c2)CC1. The van der Waals surface area contributed by atoms with Crippen molar-refractivity contribution in [1.29, 1.82) is 0 Å². The molecular weight excluding hydrogens is 566 g/mol. The average Bonchev–Trinajstić information content (AvgIpc) is 3.55. The zero-order valence-electron chi connectivity index (χ0n) is 25.4. The fraction of sp³-hybridized carbons (Fsp3) is 0.394. The van der Waals surface area contributed by atoms with Crippen LogP contribution in [-0.4, -0.2) is 78.1 Å². The van der Waals surface area contributed by atoms with Gasteiger partial charge in [0.2, 0.25) is 24.4 Å². The highest BCUT2D eigenvalue weighted by Crippen LogP contribution is 2.48. The van der Waals surface area contributed by atoms with Crippen molar-refractivity contribution in [3.63, 3.8) is 0 Å². The van der Waals surface area contributed by atoms with Crippen LogP contribution < -0.4 is 38.2 Å². The molecule has 11 heteroatoms. The molecule has 3 heterocycles. The van der Waals surface area contributed by atoms with Crippen LogP contribution in [0.2, 0.25) is 0 Å². The van der Waals surface area contributed by atoms with Crippen molar-refractivity contribution in [3.8, 4) is 34.5 Å². The van der Waals surface area contributed by atoms with E-state index in [1.54, 1.807) is 45.5 Å². The van der Waals surface area contributed by atoms with E-state index in [-0.39, 0.29) is 25.0 Å². The smallest absolute Gasteiger partial charge is 0.231 e. The molecule has 0 unspecified atom stereocenters. The highest BCUT2D eigenvalue weighted by Gasteiger charge is 2.44. The largest absolute Gasteiger partial charge is 0.495 e. The standard InChI is InChI=1S/C33H37N3O8/c1-39-25-8-6-5-7-24(25)34-13-15-35(16-14-34)33(38)23-10-12-30(37)36(22-9-11-26-27(19-22)44-20-43-26)31(23)21-17-28(40-2)32(42-4)29(18-21)41-3/h5-9,11,17-19,23,31H,10,12-16,20H2,1-4H3/t23-,31-/m0/s1. The number of methoxy groups -OCH3 is 4. The molecule has 0 N–H and O–H groups in total. The van der Waals surface area contributed by atoms with Gasteiger partial charge in [-0.05, 0) is 48.4 Å². The van der Waals surface area contributed by atoms with Crippen molar-refractivity contribution in [2.75, 3.05) is 71.2 Å². The van der Waals surface area contributed by atoms with Crippen molar-refractivity contribution in [1.82, 2.24) is 4.90 Å². The van der Waals surface area contributed by atoms with Crippen molar-refractivity contribution in [2.24, 2.45) is 5.92 Å². The second-order valence-electron chi connectivity index (χ2n) is 10.8. The number of hydrogen-bond donors (Lipinski definition) is 0. The minimum Gasteiger partial charge on any atom is -0.495 e. The lowest BCUT2D eigenvalue weighted by Gasteiger charge is -2.44. The van der Waals surface area contributed by atoms with Gasteiger partial charge in [0.15, 0.2) is 23.0 Å². The highest BCUT2D eigenvalue weighted by molar-refractivity contribution is 5.98. The highest BCUT2D eigenvalue weighted by atomic mass is 16.7. The van der Waals surface area contributed by atoms with Gasteiger partial charge in [-0.15, -0.1) is 0 Å². The molecule has 0 aliphatic carbocycles. The Hall–Kier alpha value is -4.80. The molecule has 0 spiro atoms. The third-order valence-electron chi connectivity index (χ3n) is 8.59. The molecule has 3 aliphatic heterocycles. The van der Waals surface area contributed by atoms with Crippen LogP contribution in [0.25, 0.3) is 0 Å². The Morgan fingerprint density at radius 2 is 1.48 bits per heavy atom. The molecule has 2 atom stereocenters. The van der Waals surface area contributed by atoms with E-state index in [2.05, 4.69) is 4.90 Å². The van der Waals surface area contributed by atoms with E-state index in [9.17, 15) is 9.59 Å².